The predicted molar refractivity (Wildman–Crippen MR) is 164 cm³/mol. The Morgan fingerprint density at radius 2 is 1.91 bits per heavy atom. The highest BCUT2D eigenvalue weighted by Crippen LogP contribution is 2.40. The van der Waals surface area contributed by atoms with E-state index in [0.29, 0.717) is 53.2 Å². The quantitative estimate of drug-likeness (QED) is 0.219. The number of aryl methyl sites for hydroxylation is 1. The molecular formula is C30H30F2N12O2. The number of halogens is 2. The molecule has 7 rings (SSSR count). The number of methoxy groups -OCH3 is 1. The van der Waals surface area contributed by atoms with Gasteiger partial charge >= 0.3 is 0 Å². The number of benzene rings is 1. The summed E-state index contributed by atoms with van der Waals surface area (Å²) in [5.74, 6) is 1.00. The summed E-state index contributed by atoms with van der Waals surface area (Å²) < 4.78 is 42.1. The minimum atomic E-state index is -2.88. The van der Waals surface area contributed by atoms with E-state index in [4.69, 9.17) is 14.5 Å². The molecule has 2 saturated heterocycles. The van der Waals surface area contributed by atoms with Gasteiger partial charge in [0.05, 0.1) is 36.8 Å². The summed E-state index contributed by atoms with van der Waals surface area (Å²) in [7, 11) is 3.18. The molecule has 0 saturated carbocycles. The Hall–Kier alpha value is -5.43. The number of pyridine rings is 2. The number of alkyl halides is 2. The zero-order valence-corrected chi connectivity index (χ0v) is 25.1. The standard InChI is InChI=1S/C30H30F2N12O2/c1-42-40-28(39-41-42)17-7-5-8-18(26(17)45-2)34-19-15-23(36-22-11-10-21(20(16-33)35-22)43-12-6-13-43)37-29-25(19)38-30(27(31)32)44(29)24-9-3-4-14-46-24/h5,7-8,10-11,15,24,27H,3-4,6,9,12-14H2,1-2H3,(H2,34,35,36,37). The van der Waals surface area contributed by atoms with Crippen molar-refractivity contribution >= 4 is 39.9 Å². The Labute approximate surface area is 262 Å². The lowest BCUT2D eigenvalue weighted by Gasteiger charge is -2.33. The molecule has 0 amide bonds. The van der Waals surface area contributed by atoms with Crippen molar-refractivity contribution in [2.45, 2.75) is 38.3 Å². The van der Waals surface area contributed by atoms with Crippen LogP contribution in [0.5, 0.6) is 5.75 Å². The fraction of sp³-hybridized carbons (Fsp3) is 0.367. The first-order valence-electron chi connectivity index (χ1n) is 14.9. The monoisotopic (exact) mass is 628 g/mol. The number of hydrogen-bond donors (Lipinski definition) is 2. The van der Waals surface area contributed by atoms with E-state index in [1.807, 2.05) is 6.07 Å². The molecule has 0 spiro atoms. The summed E-state index contributed by atoms with van der Waals surface area (Å²) in [5.41, 5.74) is 2.94. The van der Waals surface area contributed by atoms with Gasteiger partial charge in [0.2, 0.25) is 5.82 Å². The van der Waals surface area contributed by atoms with E-state index in [1.165, 1.54) is 16.5 Å². The van der Waals surface area contributed by atoms with Gasteiger partial charge in [-0.3, -0.25) is 4.57 Å². The van der Waals surface area contributed by atoms with E-state index in [0.717, 1.165) is 38.0 Å². The van der Waals surface area contributed by atoms with Crippen molar-refractivity contribution in [1.82, 2.24) is 39.7 Å². The third-order valence-electron chi connectivity index (χ3n) is 7.98. The predicted octanol–water partition coefficient (Wildman–Crippen LogP) is 5.23. The Bertz CT molecular complexity index is 1940. The Kier molecular flexibility index (Phi) is 7.74. The molecule has 1 atom stereocenters. The molecule has 0 radical (unpaired) electrons. The van der Waals surface area contributed by atoms with Crippen molar-refractivity contribution in [2.24, 2.45) is 7.05 Å². The van der Waals surface area contributed by atoms with E-state index in [-0.39, 0.29) is 16.9 Å². The maximum absolute atomic E-state index is 14.5. The van der Waals surface area contributed by atoms with E-state index >= 15 is 0 Å². The minimum Gasteiger partial charge on any atom is -0.494 e. The van der Waals surface area contributed by atoms with Gasteiger partial charge in [-0.1, -0.05) is 6.07 Å². The number of para-hydroxylation sites is 1. The maximum Gasteiger partial charge on any atom is 0.295 e. The Morgan fingerprint density at radius 1 is 1.04 bits per heavy atom. The number of ether oxygens (including phenoxy) is 2. The number of nitriles is 1. The van der Waals surface area contributed by atoms with Crippen LogP contribution in [0.25, 0.3) is 22.6 Å². The van der Waals surface area contributed by atoms with E-state index in [9.17, 15) is 14.0 Å². The number of rotatable bonds is 9. The van der Waals surface area contributed by atoms with E-state index in [1.54, 1.807) is 37.4 Å². The van der Waals surface area contributed by atoms with Crippen LogP contribution in [0, 0.1) is 11.3 Å². The van der Waals surface area contributed by atoms with Crippen LogP contribution >= 0.6 is 0 Å². The highest BCUT2D eigenvalue weighted by molar-refractivity contribution is 5.92. The van der Waals surface area contributed by atoms with Gasteiger partial charge < -0.3 is 25.0 Å². The molecule has 2 aliphatic heterocycles. The van der Waals surface area contributed by atoms with E-state index < -0.39 is 18.5 Å². The number of tetrazole rings is 1. The van der Waals surface area contributed by atoms with Gasteiger partial charge in [-0.25, -0.2) is 23.7 Å². The second-order valence-electron chi connectivity index (χ2n) is 10.9. The highest BCUT2D eigenvalue weighted by atomic mass is 19.3. The molecule has 1 aromatic carbocycles. The van der Waals surface area contributed by atoms with E-state index in [2.05, 4.69) is 47.0 Å². The summed E-state index contributed by atoms with van der Waals surface area (Å²) in [6.45, 7) is 2.18. The van der Waals surface area contributed by atoms with Crippen LogP contribution in [0.2, 0.25) is 0 Å². The van der Waals surface area contributed by atoms with Crippen LogP contribution in [-0.2, 0) is 11.8 Å². The molecule has 2 N–H and O–H groups in total. The van der Waals surface area contributed by atoms with Crippen LogP contribution < -0.4 is 20.3 Å². The molecule has 5 aromatic rings. The lowest BCUT2D eigenvalue weighted by Crippen LogP contribution is -2.37. The molecular weight excluding hydrogens is 598 g/mol. The van der Waals surface area contributed by atoms with Gasteiger partial charge in [-0.2, -0.15) is 10.1 Å². The molecule has 1 unspecified atom stereocenters. The normalized spacial score (nSPS) is 16.3. The van der Waals surface area contributed by atoms with Crippen molar-refractivity contribution in [3.05, 3.63) is 47.9 Å². The summed E-state index contributed by atoms with van der Waals surface area (Å²) in [6, 6.07) is 12.8. The minimum absolute atomic E-state index is 0.207. The van der Waals surface area contributed by atoms with Crippen molar-refractivity contribution in [3.8, 4) is 23.2 Å². The zero-order chi connectivity index (χ0) is 31.8. The highest BCUT2D eigenvalue weighted by Gasteiger charge is 2.29. The van der Waals surface area contributed by atoms with Gasteiger partial charge in [-0.15, -0.1) is 10.2 Å². The first-order valence-corrected chi connectivity index (χ1v) is 14.9. The molecule has 0 bridgehead atoms. The first kappa shape index (κ1) is 29.3. The summed E-state index contributed by atoms with van der Waals surface area (Å²) in [4.78, 5) is 17.1. The van der Waals surface area contributed by atoms with Gasteiger partial charge in [0.1, 0.15) is 29.4 Å². The van der Waals surface area contributed by atoms with Crippen molar-refractivity contribution in [1.29, 1.82) is 5.26 Å². The average Bonchev–Trinajstić information content (AvgIpc) is 3.65. The van der Waals surface area contributed by atoms with Crippen LogP contribution in [-0.4, -0.2) is 66.5 Å². The Balaban J connectivity index is 1.35. The lowest BCUT2D eigenvalue weighted by atomic mass is 10.1. The third kappa shape index (κ3) is 5.38. The fourth-order valence-corrected chi connectivity index (χ4v) is 5.72. The molecule has 16 heteroatoms. The Morgan fingerprint density at radius 3 is 2.59 bits per heavy atom. The van der Waals surface area contributed by atoms with Gasteiger partial charge in [-0.05, 0) is 55.2 Å². The van der Waals surface area contributed by atoms with Crippen LogP contribution in [0.3, 0.4) is 0 Å². The molecule has 0 aliphatic carbocycles. The topological polar surface area (TPSA) is 157 Å². The smallest absolute Gasteiger partial charge is 0.295 e. The second-order valence-corrected chi connectivity index (χ2v) is 10.9. The molecule has 236 valence electrons. The van der Waals surface area contributed by atoms with Crippen LogP contribution in [0.15, 0.2) is 36.4 Å². The summed E-state index contributed by atoms with van der Waals surface area (Å²) in [6.07, 6.45) is -0.263. The molecule has 2 fully saturated rings. The van der Waals surface area contributed by atoms with Crippen molar-refractivity contribution < 1.29 is 18.3 Å². The molecule has 14 nitrogen and oxygen atoms in total. The van der Waals surface area contributed by atoms with Crippen molar-refractivity contribution in [2.75, 3.05) is 42.3 Å². The van der Waals surface area contributed by atoms with Crippen LogP contribution in [0.1, 0.15) is 49.9 Å². The maximum atomic E-state index is 14.5. The molecule has 46 heavy (non-hydrogen) atoms. The van der Waals surface area contributed by atoms with Gasteiger partial charge in [0.15, 0.2) is 22.9 Å². The fourth-order valence-electron chi connectivity index (χ4n) is 5.72. The summed E-state index contributed by atoms with van der Waals surface area (Å²) >= 11 is 0. The second kappa shape index (κ2) is 12.2. The largest absolute Gasteiger partial charge is 0.494 e. The third-order valence-corrected chi connectivity index (χ3v) is 7.98. The number of aromatic nitrogens is 8. The molecule has 4 aromatic heterocycles. The van der Waals surface area contributed by atoms with Gasteiger partial charge in [0.25, 0.3) is 6.43 Å². The van der Waals surface area contributed by atoms with Crippen LogP contribution in [0.4, 0.5) is 37.5 Å². The number of fused-ring (bicyclic) bond motifs is 1. The SMILES string of the molecule is COc1c(Nc2cc(Nc3ccc(N4CCC4)c(C#N)n3)nc3c2nc(C(F)F)n3C2CCCCO2)cccc1-c1nnn(C)n1. The number of nitrogens with one attached hydrogen (secondary N) is 2. The number of hydrogen-bond acceptors (Lipinski definition) is 12. The molecule has 6 heterocycles. The van der Waals surface area contributed by atoms with Gasteiger partial charge in [0, 0.05) is 25.8 Å². The first-order chi connectivity index (χ1) is 22.4. The number of imidazole rings is 1. The lowest BCUT2D eigenvalue weighted by molar-refractivity contribution is -0.0363. The summed E-state index contributed by atoms with van der Waals surface area (Å²) in [5, 5.41) is 28.6. The molecule has 2 aliphatic rings. The number of nitrogens with zero attached hydrogens (tertiary/aromatic N) is 10. The average molecular weight is 629 g/mol. The zero-order valence-electron chi connectivity index (χ0n) is 25.1. The van der Waals surface area contributed by atoms with Crippen molar-refractivity contribution in [3.63, 3.8) is 0 Å². The number of anilines is 5.